The molecule has 0 bridgehead atoms. The molecule has 0 aliphatic carbocycles. The summed E-state index contributed by atoms with van der Waals surface area (Å²) < 4.78 is 41.3. The van der Waals surface area contributed by atoms with Crippen molar-refractivity contribution in [1.29, 1.82) is 0 Å². The second-order valence-corrected chi connectivity index (χ2v) is 8.38. The first-order chi connectivity index (χ1) is 13.6. The highest BCUT2D eigenvalue weighted by Crippen LogP contribution is 2.32. The lowest BCUT2D eigenvalue weighted by Crippen LogP contribution is -2.45. The zero-order valence-corrected chi connectivity index (χ0v) is 18.3. The summed E-state index contributed by atoms with van der Waals surface area (Å²) in [5.41, 5.74) is 0.675. The molecule has 0 spiro atoms. The zero-order chi connectivity index (χ0) is 21.8. The van der Waals surface area contributed by atoms with Gasteiger partial charge in [0.1, 0.15) is 11.8 Å². The van der Waals surface area contributed by atoms with Crippen LogP contribution < -0.4 is 23.8 Å². The van der Waals surface area contributed by atoms with E-state index in [0.29, 0.717) is 22.9 Å². The number of nitrogens with one attached hydrogen (secondary N) is 1. The number of methoxy groups -OCH3 is 3. The third kappa shape index (κ3) is 5.24. The molecule has 158 valence electrons. The van der Waals surface area contributed by atoms with Gasteiger partial charge >= 0.3 is 0 Å². The average Bonchev–Trinajstić information content (AvgIpc) is 2.66. The molecule has 8 nitrogen and oxygen atoms in total. The molecule has 29 heavy (non-hydrogen) atoms. The van der Waals surface area contributed by atoms with Gasteiger partial charge in [0.05, 0.1) is 38.3 Å². The number of sulfonamides is 1. The number of nitrogens with zero attached hydrogens (tertiary/aromatic N) is 1. The number of hydrogen-bond donors (Lipinski definition) is 1. The molecule has 2 aromatic rings. The van der Waals surface area contributed by atoms with Gasteiger partial charge < -0.3 is 19.5 Å². The van der Waals surface area contributed by atoms with E-state index in [4.69, 9.17) is 25.8 Å². The Morgan fingerprint density at radius 2 is 1.59 bits per heavy atom. The molecule has 0 aromatic heterocycles. The van der Waals surface area contributed by atoms with Crippen molar-refractivity contribution < 1.29 is 27.4 Å². The quantitative estimate of drug-likeness (QED) is 0.674. The van der Waals surface area contributed by atoms with Crippen LogP contribution >= 0.6 is 11.6 Å². The molecule has 1 N–H and O–H groups in total. The van der Waals surface area contributed by atoms with Crippen LogP contribution in [0.3, 0.4) is 0 Å². The van der Waals surface area contributed by atoms with Gasteiger partial charge in [-0.25, -0.2) is 8.42 Å². The van der Waals surface area contributed by atoms with E-state index >= 15 is 0 Å². The third-order valence-corrected chi connectivity index (χ3v) is 5.67. The third-order valence-electron chi connectivity index (χ3n) is 4.13. The Morgan fingerprint density at radius 3 is 2.10 bits per heavy atom. The second-order valence-electron chi connectivity index (χ2n) is 6.11. The molecule has 0 fully saturated rings. The lowest BCUT2D eigenvalue weighted by molar-refractivity contribution is -0.116. The molecule has 2 aromatic carbocycles. The molecule has 10 heteroatoms. The Bertz CT molecular complexity index is 996. The minimum atomic E-state index is -3.79. The average molecular weight is 443 g/mol. The van der Waals surface area contributed by atoms with Crippen molar-refractivity contribution in [1.82, 2.24) is 0 Å². The van der Waals surface area contributed by atoms with Gasteiger partial charge in [0, 0.05) is 11.8 Å². The van der Waals surface area contributed by atoms with Crippen LogP contribution in [0.15, 0.2) is 36.4 Å². The highest BCUT2D eigenvalue weighted by Gasteiger charge is 2.30. The Kier molecular flexibility index (Phi) is 7.21. The summed E-state index contributed by atoms with van der Waals surface area (Å²) >= 11 is 6.13. The minimum absolute atomic E-state index is 0.228. The van der Waals surface area contributed by atoms with Crippen LogP contribution in [0.5, 0.6) is 17.2 Å². The number of carbonyl (C=O) groups is 1. The first-order valence-corrected chi connectivity index (χ1v) is 10.7. The monoisotopic (exact) mass is 442 g/mol. The Hall–Kier alpha value is -2.65. The Labute approximate surface area is 175 Å². The number of amides is 1. The van der Waals surface area contributed by atoms with Gasteiger partial charge in [-0.1, -0.05) is 11.6 Å². The van der Waals surface area contributed by atoms with Gasteiger partial charge in [-0.15, -0.1) is 0 Å². The predicted octanol–water partition coefficient (Wildman–Crippen LogP) is 3.16. The lowest BCUT2D eigenvalue weighted by atomic mass is 10.2. The Morgan fingerprint density at radius 1 is 1.00 bits per heavy atom. The summed E-state index contributed by atoms with van der Waals surface area (Å²) in [6.45, 7) is 1.48. The molecule has 0 radical (unpaired) electrons. The highest BCUT2D eigenvalue weighted by atomic mass is 35.5. The van der Waals surface area contributed by atoms with Crippen molar-refractivity contribution in [2.75, 3.05) is 37.2 Å². The number of anilines is 2. The van der Waals surface area contributed by atoms with Gasteiger partial charge in [0.25, 0.3) is 0 Å². The number of hydrogen-bond acceptors (Lipinski definition) is 6. The summed E-state index contributed by atoms with van der Waals surface area (Å²) in [5, 5.41) is 2.92. The predicted molar refractivity (Wildman–Crippen MR) is 113 cm³/mol. The maximum absolute atomic E-state index is 12.8. The molecule has 0 unspecified atom stereocenters. The molecular formula is C19H23ClN2O6S. The number of ether oxygens (including phenoxy) is 3. The normalized spacial score (nSPS) is 12.1. The van der Waals surface area contributed by atoms with Crippen LogP contribution in [-0.2, 0) is 14.8 Å². The van der Waals surface area contributed by atoms with E-state index in [2.05, 4.69) is 5.32 Å². The van der Waals surface area contributed by atoms with Gasteiger partial charge in [-0.2, -0.15) is 0 Å². The summed E-state index contributed by atoms with van der Waals surface area (Å²) in [6.07, 6.45) is 1.02. The van der Waals surface area contributed by atoms with E-state index < -0.39 is 22.0 Å². The number of halogens is 1. The van der Waals surface area contributed by atoms with Crippen molar-refractivity contribution in [3.8, 4) is 17.2 Å². The molecule has 1 atom stereocenters. The van der Waals surface area contributed by atoms with Gasteiger partial charge in [-0.05, 0) is 37.3 Å². The summed E-state index contributed by atoms with van der Waals surface area (Å²) in [5.74, 6) is 0.796. The van der Waals surface area contributed by atoms with Crippen LogP contribution in [-0.4, -0.2) is 48.0 Å². The van der Waals surface area contributed by atoms with E-state index in [9.17, 15) is 13.2 Å². The van der Waals surface area contributed by atoms with E-state index in [0.717, 1.165) is 10.6 Å². The Balaban J connectivity index is 2.33. The maximum Gasteiger partial charge on any atom is 0.247 e. The topological polar surface area (TPSA) is 94.2 Å². The van der Waals surface area contributed by atoms with E-state index in [-0.39, 0.29) is 10.7 Å². The van der Waals surface area contributed by atoms with Crippen LogP contribution in [0, 0.1) is 0 Å². The van der Waals surface area contributed by atoms with Gasteiger partial charge in [-0.3, -0.25) is 9.10 Å². The first-order valence-electron chi connectivity index (χ1n) is 8.48. The van der Waals surface area contributed by atoms with Crippen molar-refractivity contribution >= 4 is 38.9 Å². The molecule has 0 aliphatic heterocycles. The smallest absolute Gasteiger partial charge is 0.247 e. The van der Waals surface area contributed by atoms with Crippen molar-refractivity contribution in [2.45, 2.75) is 13.0 Å². The van der Waals surface area contributed by atoms with E-state index in [1.165, 1.54) is 46.5 Å². The van der Waals surface area contributed by atoms with Crippen LogP contribution in [0.2, 0.25) is 5.02 Å². The van der Waals surface area contributed by atoms with Gasteiger partial charge in [0.15, 0.2) is 11.5 Å². The summed E-state index contributed by atoms with van der Waals surface area (Å²) in [4.78, 5) is 12.8. The molecule has 1 amide bonds. The summed E-state index contributed by atoms with van der Waals surface area (Å²) in [6, 6.07) is 8.28. The molecule has 0 heterocycles. The van der Waals surface area contributed by atoms with E-state index in [1.807, 2.05) is 0 Å². The van der Waals surface area contributed by atoms with Crippen molar-refractivity contribution in [3.05, 3.63) is 41.4 Å². The lowest BCUT2D eigenvalue weighted by Gasteiger charge is -2.28. The standard InChI is InChI=1S/C19H23ClN2O6S/c1-12(19(23)21-13-6-8-17(27-3)18(10-13)28-4)22(29(5,24)25)14-7-9-16(26-2)15(20)11-14/h6-12H,1-5H3,(H,21,23)/t12-/m1/s1. The second kappa shape index (κ2) is 9.23. The molecule has 0 saturated heterocycles. The number of benzene rings is 2. The van der Waals surface area contributed by atoms with Crippen molar-refractivity contribution in [3.63, 3.8) is 0 Å². The van der Waals surface area contributed by atoms with Crippen molar-refractivity contribution in [2.24, 2.45) is 0 Å². The fraction of sp³-hybridized carbons (Fsp3) is 0.316. The summed E-state index contributed by atoms with van der Waals surface area (Å²) in [7, 11) is 0.646. The SMILES string of the molecule is COc1ccc(N([C@H](C)C(=O)Nc2ccc(OC)c(OC)c2)S(C)(=O)=O)cc1Cl. The minimum Gasteiger partial charge on any atom is -0.495 e. The fourth-order valence-electron chi connectivity index (χ4n) is 2.76. The largest absolute Gasteiger partial charge is 0.495 e. The van der Waals surface area contributed by atoms with Crippen LogP contribution in [0.4, 0.5) is 11.4 Å². The molecule has 0 saturated carbocycles. The van der Waals surface area contributed by atoms with Crippen LogP contribution in [0.25, 0.3) is 0 Å². The van der Waals surface area contributed by atoms with E-state index in [1.54, 1.807) is 18.2 Å². The molecular weight excluding hydrogens is 420 g/mol. The van der Waals surface area contributed by atoms with Crippen LogP contribution in [0.1, 0.15) is 6.92 Å². The zero-order valence-electron chi connectivity index (χ0n) is 16.7. The molecule has 0 aliphatic rings. The number of rotatable bonds is 8. The maximum atomic E-state index is 12.8. The number of carbonyl (C=O) groups excluding carboxylic acids is 1. The fourth-order valence-corrected chi connectivity index (χ4v) is 4.18. The first kappa shape index (κ1) is 22.6. The van der Waals surface area contributed by atoms with Gasteiger partial charge in [0.2, 0.25) is 15.9 Å². The molecule has 2 rings (SSSR count). The highest BCUT2D eigenvalue weighted by molar-refractivity contribution is 7.92.